The summed E-state index contributed by atoms with van der Waals surface area (Å²) < 4.78 is 5.18. The Kier molecular flexibility index (Phi) is 4.76. The van der Waals surface area contributed by atoms with Gasteiger partial charge in [-0.3, -0.25) is 4.98 Å². The van der Waals surface area contributed by atoms with E-state index in [9.17, 15) is 4.79 Å². The monoisotopic (exact) mass is 222 g/mol. The molecular weight excluding hydrogens is 204 g/mol. The summed E-state index contributed by atoms with van der Waals surface area (Å²) in [6, 6.07) is 1.57. The maximum absolute atomic E-state index is 11.6. The fraction of sp³-hybridized carbons (Fsp3) is 0.500. The van der Waals surface area contributed by atoms with Crippen molar-refractivity contribution in [3.8, 4) is 0 Å². The molecule has 4 nitrogen and oxygen atoms in total. The second kappa shape index (κ2) is 6.10. The van der Waals surface area contributed by atoms with E-state index >= 15 is 0 Å². The predicted molar refractivity (Wildman–Crippen MR) is 63.0 cm³/mol. The van der Waals surface area contributed by atoms with Crippen molar-refractivity contribution in [2.24, 2.45) is 5.92 Å². The van der Waals surface area contributed by atoms with Crippen molar-refractivity contribution in [3.05, 3.63) is 24.0 Å². The van der Waals surface area contributed by atoms with Gasteiger partial charge in [-0.1, -0.05) is 20.3 Å². The van der Waals surface area contributed by atoms with E-state index in [1.165, 1.54) is 12.4 Å². The number of hydrogen-bond donors (Lipinski definition) is 1. The average molecular weight is 222 g/mol. The van der Waals surface area contributed by atoms with E-state index in [0.29, 0.717) is 23.8 Å². The molecule has 0 aromatic carbocycles. The second-order valence-electron chi connectivity index (χ2n) is 3.96. The molecule has 0 aliphatic carbocycles. The Labute approximate surface area is 95.8 Å². The first-order valence-electron chi connectivity index (χ1n) is 5.51. The molecule has 0 aliphatic rings. The van der Waals surface area contributed by atoms with Crippen LogP contribution in [-0.4, -0.2) is 17.6 Å². The van der Waals surface area contributed by atoms with Gasteiger partial charge in [0.25, 0.3) is 0 Å². The van der Waals surface area contributed by atoms with E-state index < -0.39 is 0 Å². The smallest absolute Gasteiger partial charge is 0.340 e. The molecule has 1 rings (SSSR count). The largest absolute Gasteiger partial charge is 0.462 e. The third-order valence-electron chi connectivity index (χ3n) is 2.35. The van der Waals surface area contributed by atoms with Gasteiger partial charge in [-0.25, -0.2) is 4.79 Å². The van der Waals surface area contributed by atoms with Gasteiger partial charge in [0.1, 0.15) is 0 Å². The fourth-order valence-electron chi connectivity index (χ4n) is 1.46. The Balaban J connectivity index is 2.50. The van der Waals surface area contributed by atoms with Gasteiger partial charge in [0.05, 0.1) is 24.1 Å². The lowest BCUT2D eigenvalue weighted by molar-refractivity contribution is 0.0445. The number of ether oxygens (including phenoxy) is 1. The summed E-state index contributed by atoms with van der Waals surface area (Å²) in [4.78, 5) is 15.5. The molecule has 0 radical (unpaired) electrons. The first-order chi connectivity index (χ1) is 7.65. The van der Waals surface area contributed by atoms with Crippen LogP contribution in [0.5, 0.6) is 0 Å². The van der Waals surface area contributed by atoms with E-state index in [4.69, 9.17) is 10.5 Å². The van der Waals surface area contributed by atoms with Crippen LogP contribution in [0.25, 0.3) is 0 Å². The van der Waals surface area contributed by atoms with Gasteiger partial charge in [-0.05, 0) is 18.4 Å². The molecule has 0 saturated carbocycles. The molecule has 0 amide bonds. The Morgan fingerprint density at radius 1 is 1.62 bits per heavy atom. The Morgan fingerprint density at radius 3 is 3.00 bits per heavy atom. The lowest BCUT2D eigenvalue weighted by Crippen LogP contribution is -2.13. The molecule has 88 valence electrons. The number of aromatic nitrogens is 1. The summed E-state index contributed by atoms with van der Waals surface area (Å²) >= 11 is 0. The van der Waals surface area contributed by atoms with E-state index in [0.717, 1.165) is 12.8 Å². The van der Waals surface area contributed by atoms with Crippen molar-refractivity contribution in [1.82, 2.24) is 4.98 Å². The zero-order valence-electron chi connectivity index (χ0n) is 9.77. The van der Waals surface area contributed by atoms with Crippen LogP contribution >= 0.6 is 0 Å². The number of pyridine rings is 1. The molecule has 16 heavy (non-hydrogen) atoms. The van der Waals surface area contributed by atoms with Crippen molar-refractivity contribution in [2.45, 2.75) is 26.7 Å². The van der Waals surface area contributed by atoms with Crippen LogP contribution < -0.4 is 5.73 Å². The highest BCUT2D eigenvalue weighted by molar-refractivity contribution is 5.94. The third kappa shape index (κ3) is 3.53. The van der Waals surface area contributed by atoms with E-state index in [2.05, 4.69) is 18.8 Å². The summed E-state index contributed by atoms with van der Waals surface area (Å²) in [5.41, 5.74) is 6.37. The van der Waals surface area contributed by atoms with Crippen LogP contribution in [0.3, 0.4) is 0 Å². The fourth-order valence-corrected chi connectivity index (χ4v) is 1.46. The highest BCUT2D eigenvalue weighted by Gasteiger charge is 2.12. The van der Waals surface area contributed by atoms with Crippen LogP contribution in [0.4, 0.5) is 5.69 Å². The molecule has 0 saturated heterocycles. The molecule has 1 heterocycles. The molecule has 1 atom stereocenters. The summed E-state index contributed by atoms with van der Waals surface area (Å²) in [6.07, 6.45) is 5.13. The average Bonchev–Trinajstić information content (AvgIpc) is 2.27. The number of nitrogen functional groups attached to an aromatic ring is 1. The molecule has 1 unspecified atom stereocenters. The SMILES string of the molecule is CCCC(C)COC(=O)c1ccncc1N. The van der Waals surface area contributed by atoms with Crippen LogP contribution in [0, 0.1) is 5.92 Å². The number of hydrogen-bond acceptors (Lipinski definition) is 4. The van der Waals surface area contributed by atoms with Crippen molar-refractivity contribution in [1.29, 1.82) is 0 Å². The van der Waals surface area contributed by atoms with Gasteiger partial charge in [0, 0.05) is 6.20 Å². The number of rotatable bonds is 5. The number of anilines is 1. The highest BCUT2D eigenvalue weighted by atomic mass is 16.5. The van der Waals surface area contributed by atoms with E-state index in [1.807, 2.05) is 0 Å². The third-order valence-corrected chi connectivity index (χ3v) is 2.35. The zero-order chi connectivity index (χ0) is 12.0. The van der Waals surface area contributed by atoms with Gasteiger partial charge >= 0.3 is 5.97 Å². The van der Waals surface area contributed by atoms with Crippen LogP contribution in [0.15, 0.2) is 18.5 Å². The molecule has 0 bridgehead atoms. The molecule has 0 fully saturated rings. The van der Waals surface area contributed by atoms with Crippen molar-refractivity contribution >= 4 is 11.7 Å². The maximum atomic E-state index is 11.6. The molecule has 2 N–H and O–H groups in total. The molecule has 0 spiro atoms. The molecule has 1 aromatic heterocycles. The zero-order valence-corrected chi connectivity index (χ0v) is 9.77. The molecular formula is C12H18N2O2. The number of carbonyl (C=O) groups is 1. The standard InChI is InChI=1S/C12H18N2O2/c1-3-4-9(2)8-16-12(15)10-5-6-14-7-11(10)13/h5-7,9H,3-4,8,13H2,1-2H3. The summed E-state index contributed by atoms with van der Waals surface area (Å²) in [5.74, 6) is 0.0138. The lowest BCUT2D eigenvalue weighted by atomic mass is 10.1. The summed E-state index contributed by atoms with van der Waals surface area (Å²) in [7, 11) is 0. The number of esters is 1. The Bertz CT molecular complexity index is 353. The first-order valence-corrected chi connectivity index (χ1v) is 5.51. The van der Waals surface area contributed by atoms with Gasteiger partial charge in [0.15, 0.2) is 0 Å². The van der Waals surface area contributed by atoms with Crippen LogP contribution in [0.2, 0.25) is 0 Å². The summed E-state index contributed by atoms with van der Waals surface area (Å²) in [6.45, 7) is 4.61. The van der Waals surface area contributed by atoms with Gasteiger partial charge in [0.2, 0.25) is 0 Å². The van der Waals surface area contributed by atoms with Crippen molar-refractivity contribution in [2.75, 3.05) is 12.3 Å². The molecule has 1 aromatic rings. The quantitative estimate of drug-likeness (QED) is 0.776. The minimum absolute atomic E-state index is 0.357. The molecule has 4 heteroatoms. The minimum atomic E-state index is -0.372. The first kappa shape index (κ1) is 12.5. The van der Waals surface area contributed by atoms with Crippen LogP contribution in [-0.2, 0) is 4.74 Å². The van der Waals surface area contributed by atoms with E-state index in [-0.39, 0.29) is 5.97 Å². The van der Waals surface area contributed by atoms with Gasteiger partial charge in [-0.2, -0.15) is 0 Å². The normalized spacial score (nSPS) is 12.1. The van der Waals surface area contributed by atoms with E-state index in [1.54, 1.807) is 6.07 Å². The number of nitrogens with two attached hydrogens (primary N) is 1. The minimum Gasteiger partial charge on any atom is -0.462 e. The number of carbonyl (C=O) groups excluding carboxylic acids is 1. The van der Waals surface area contributed by atoms with Crippen molar-refractivity contribution in [3.63, 3.8) is 0 Å². The Hall–Kier alpha value is -1.58. The topological polar surface area (TPSA) is 65.2 Å². The van der Waals surface area contributed by atoms with Crippen molar-refractivity contribution < 1.29 is 9.53 Å². The van der Waals surface area contributed by atoms with Crippen LogP contribution in [0.1, 0.15) is 37.0 Å². The summed E-state index contributed by atoms with van der Waals surface area (Å²) in [5, 5.41) is 0. The maximum Gasteiger partial charge on any atom is 0.340 e. The number of nitrogens with zero attached hydrogens (tertiary/aromatic N) is 1. The molecule has 0 aliphatic heterocycles. The van der Waals surface area contributed by atoms with Gasteiger partial charge in [-0.15, -0.1) is 0 Å². The lowest BCUT2D eigenvalue weighted by Gasteiger charge is -2.11. The Morgan fingerprint density at radius 2 is 2.38 bits per heavy atom. The second-order valence-corrected chi connectivity index (χ2v) is 3.96. The predicted octanol–water partition coefficient (Wildman–Crippen LogP) is 2.26. The van der Waals surface area contributed by atoms with Gasteiger partial charge < -0.3 is 10.5 Å². The highest BCUT2D eigenvalue weighted by Crippen LogP contribution is 2.12.